The minimum absolute atomic E-state index is 0.101. The van der Waals surface area contributed by atoms with Gasteiger partial charge in [0.15, 0.2) is 5.76 Å². The van der Waals surface area contributed by atoms with Gasteiger partial charge in [-0.15, -0.1) is 0 Å². The van der Waals surface area contributed by atoms with Crippen LogP contribution in [0.25, 0.3) is 0 Å². The normalized spacial score (nSPS) is 12.3. The molecule has 0 spiro atoms. The van der Waals surface area contributed by atoms with Gasteiger partial charge in [-0.25, -0.2) is 4.79 Å². The number of hydrogen-bond acceptors (Lipinski definition) is 4. The fourth-order valence-corrected chi connectivity index (χ4v) is 1.78. The number of hydrogen-bond donors (Lipinski definition) is 2. The van der Waals surface area contributed by atoms with Gasteiger partial charge in [-0.1, -0.05) is 35.0 Å². The number of nitrogens with zero attached hydrogens (tertiary/aromatic N) is 1. The Morgan fingerprint density at radius 3 is 2.74 bits per heavy atom. The summed E-state index contributed by atoms with van der Waals surface area (Å²) >= 11 is 0. The molecule has 2 aromatic rings. The highest BCUT2D eigenvalue weighted by atomic mass is 16.5. The zero-order chi connectivity index (χ0) is 13.8. The van der Waals surface area contributed by atoms with Crippen molar-refractivity contribution in [3.8, 4) is 0 Å². The lowest BCUT2D eigenvalue weighted by Crippen LogP contribution is -2.19. The Bertz CT molecular complexity index is 560. The summed E-state index contributed by atoms with van der Waals surface area (Å²) in [7, 11) is 0. The summed E-state index contributed by atoms with van der Waals surface area (Å²) in [6.45, 7) is 4.38. The molecule has 1 aromatic carbocycles. The first-order chi connectivity index (χ1) is 9.08. The number of aromatic carboxylic acids is 1. The average molecular weight is 260 g/mol. The van der Waals surface area contributed by atoms with Crippen molar-refractivity contribution in [1.29, 1.82) is 0 Å². The first-order valence-electron chi connectivity index (χ1n) is 6.04. The largest absolute Gasteiger partial charge is 0.478 e. The summed E-state index contributed by atoms with van der Waals surface area (Å²) in [5.41, 5.74) is 2.45. The Morgan fingerprint density at radius 2 is 2.11 bits per heavy atom. The summed E-state index contributed by atoms with van der Waals surface area (Å²) < 4.78 is 4.94. The maximum Gasteiger partial charge on any atom is 0.341 e. The maximum atomic E-state index is 10.9. The smallest absolute Gasteiger partial charge is 0.341 e. The van der Waals surface area contributed by atoms with Crippen LogP contribution < -0.4 is 5.32 Å². The molecule has 1 aromatic heterocycles. The predicted octanol–water partition coefficient (Wildman–Crippen LogP) is 2.53. The van der Waals surface area contributed by atoms with Crippen LogP contribution in [0.2, 0.25) is 0 Å². The molecule has 5 nitrogen and oxygen atoms in total. The van der Waals surface area contributed by atoms with E-state index in [1.54, 1.807) is 0 Å². The number of aromatic nitrogens is 1. The average Bonchev–Trinajstić information content (AvgIpc) is 2.85. The van der Waals surface area contributed by atoms with Crippen molar-refractivity contribution in [3.63, 3.8) is 0 Å². The number of carboxylic acids is 1. The van der Waals surface area contributed by atoms with E-state index in [9.17, 15) is 4.79 Å². The molecule has 0 radical (unpaired) electrons. The van der Waals surface area contributed by atoms with E-state index in [2.05, 4.69) is 10.5 Å². The number of aryl methyl sites for hydroxylation is 1. The van der Waals surface area contributed by atoms with Crippen molar-refractivity contribution >= 4 is 5.97 Å². The molecule has 0 aliphatic rings. The molecular weight excluding hydrogens is 244 g/mol. The van der Waals surface area contributed by atoms with Gasteiger partial charge >= 0.3 is 5.97 Å². The van der Waals surface area contributed by atoms with Crippen LogP contribution in [0.3, 0.4) is 0 Å². The predicted molar refractivity (Wildman–Crippen MR) is 69.9 cm³/mol. The maximum absolute atomic E-state index is 10.9. The van der Waals surface area contributed by atoms with Crippen molar-refractivity contribution < 1.29 is 14.4 Å². The van der Waals surface area contributed by atoms with Crippen molar-refractivity contribution in [3.05, 3.63) is 52.9 Å². The fourth-order valence-electron chi connectivity index (χ4n) is 1.78. The standard InChI is InChI=1S/C14H16N2O3/c1-9-3-5-11(6-4-9)10(2)15-8-13-12(14(17)18)7-16-19-13/h3-7,10,15H,8H2,1-2H3,(H,17,18)/t10-/m1/s1. The molecule has 19 heavy (non-hydrogen) atoms. The van der Waals surface area contributed by atoms with Crippen LogP contribution in [-0.4, -0.2) is 16.2 Å². The van der Waals surface area contributed by atoms with Crippen LogP contribution in [0, 0.1) is 6.92 Å². The van der Waals surface area contributed by atoms with E-state index in [0.29, 0.717) is 12.3 Å². The molecule has 5 heteroatoms. The van der Waals surface area contributed by atoms with E-state index < -0.39 is 5.97 Å². The van der Waals surface area contributed by atoms with Crippen LogP contribution in [0.15, 0.2) is 35.0 Å². The molecule has 0 saturated heterocycles. The molecule has 0 unspecified atom stereocenters. The first-order valence-corrected chi connectivity index (χ1v) is 6.04. The second-order valence-corrected chi connectivity index (χ2v) is 4.48. The lowest BCUT2D eigenvalue weighted by atomic mass is 10.1. The molecule has 0 aliphatic carbocycles. The Labute approximate surface area is 111 Å². The van der Waals surface area contributed by atoms with Crippen molar-refractivity contribution in [2.75, 3.05) is 0 Å². The van der Waals surface area contributed by atoms with Gasteiger partial charge in [-0.3, -0.25) is 0 Å². The summed E-state index contributed by atoms with van der Waals surface area (Å²) in [4.78, 5) is 10.9. The van der Waals surface area contributed by atoms with Crippen LogP contribution in [-0.2, 0) is 6.54 Å². The van der Waals surface area contributed by atoms with E-state index in [0.717, 1.165) is 5.56 Å². The molecule has 2 N–H and O–H groups in total. The topological polar surface area (TPSA) is 75.4 Å². The first kappa shape index (κ1) is 13.3. The third-order valence-corrected chi connectivity index (χ3v) is 3.02. The third-order valence-electron chi connectivity index (χ3n) is 3.02. The molecular formula is C14H16N2O3. The van der Waals surface area contributed by atoms with E-state index in [1.807, 2.05) is 38.1 Å². The second-order valence-electron chi connectivity index (χ2n) is 4.48. The molecule has 1 atom stereocenters. The highest BCUT2D eigenvalue weighted by Crippen LogP contribution is 2.15. The number of benzene rings is 1. The Hall–Kier alpha value is -2.14. The van der Waals surface area contributed by atoms with Crippen LogP contribution in [0.5, 0.6) is 0 Å². The van der Waals surface area contributed by atoms with Gasteiger partial charge in [-0.05, 0) is 19.4 Å². The molecule has 0 aliphatic heterocycles. The molecule has 0 saturated carbocycles. The van der Waals surface area contributed by atoms with Crippen LogP contribution in [0.1, 0.15) is 40.2 Å². The monoisotopic (exact) mass is 260 g/mol. The van der Waals surface area contributed by atoms with Gasteiger partial charge in [0.1, 0.15) is 5.56 Å². The lowest BCUT2D eigenvalue weighted by molar-refractivity contribution is 0.0694. The van der Waals surface area contributed by atoms with Crippen molar-refractivity contribution in [2.24, 2.45) is 0 Å². The van der Waals surface area contributed by atoms with Crippen molar-refractivity contribution in [1.82, 2.24) is 10.5 Å². The summed E-state index contributed by atoms with van der Waals surface area (Å²) in [6.07, 6.45) is 1.22. The number of carbonyl (C=O) groups is 1. The third kappa shape index (κ3) is 3.20. The summed E-state index contributed by atoms with van der Waals surface area (Å²) in [5.74, 6) is -0.687. The Kier molecular flexibility index (Phi) is 3.97. The van der Waals surface area contributed by atoms with Gasteiger partial charge in [0.05, 0.1) is 12.7 Å². The number of nitrogens with one attached hydrogen (secondary N) is 1. The zero-order valence-electron chi connectivity index (χ0n) is 10.9. The molecule has 0 amide bonds. The van der Waals surface area contributed by atoms with Crippen LogP contribution in [0.4, 0.5) is 0 Å². The minimum atomic E-state index is -1.03. The highest BCUT2D eigenvalue weighted by Gasteiger charge is 2.15. The number of carboxylic acid groups (broad SMARTS) is 1. The van der Waals surface area contributed by atoms with Crippen molar-refractivity contribution in [2.45, 2.75) is 26.4 Å². The van der Waals surface area contributed by atoms with E-state index in [4.69, 9.17) is 9.63 Å². The van der Waals surface area contributed by atoms with Gasteiger partial charge in [0, 0.05) is 6.04 Å². The highest BCUT2D eigenvalue weighted by molar-refractivity contribution is 5.88. The van der Waals surface area contributed by atoms with Gasteiger partial charge in [-0.2, -0.15) is 0 Å². The van der Waals surface area contributed by atoms with Crippen LogP contribution >= 0.6 is 0 Å². The molecule has 100 valence electrons. The van der Waals surface area contributed by atoms with E-state index in [-0.39, 0.29) is 11.6 Å². The quantitative estimate of drug-likeness (QED) is 0.864. The minimum Gasteiger partial charge on any atom is -0.478 e. The fraction of sp³-hybridized carbons (Fsp3) is 0.286. The SMILES string of the molecule is Cc1ccc([C@@H](C)NCc2oncc2C(=O)O)cc1. The van der Waals surface area contributed by atoms with E-state index >= 15 is 0 Å². The van der Waals surface area contributed by atoms with Gasteiger partial charge in [0.2, 0.25) is 0 Å². The molecule has 0 bridgehead atoms. The number of rotatable bonds is 5. The summed E-state index contributed by atoms with van der Waals surface area (Å²) in [6, 6.07) is 8.29. The molecule has 0 fully saturated rings. The second kappa shape index (κ2) is 5.67. The van der Waals surface area contributed by atoms with Gasteiger partial charge in [0.25, 0.3) is 0 Å². The Morgan fingerprint density at radius 1 is 1.42 bits per heavy atom. The zero-order valence-corrected chi connectivity index (χ0v) is 10.9. The molecule has 2 rings (SSSR count). The van der Waals surface area contributed by atoms with E-state index in [1.165, 1.54) is 11.8 Å². The summed E-state index contributed by atoms with van der Waals surface area (Å²) in [5, 5.41) is 15.7. The lowest BCUT2D eigenvalue weighted by Gasteiger charge is -2.13. The van der Waals surface area contributed by atoms with Gasteiger partial charge < -0.3 is 14.9 Å². The molecule has 1 heterocycles. The Balaban J connectivity index is 2.00.